The van der Waals surface area contributed by atoms with Crippen LogP contribution in [0.1, 0.15) is 38.0 Å². The minimum absolute atomic E-state index is 0.0586. The average molecular weight is 419 g/mol. The lowest BCUT2D eigenvalue weighted by Crippen LogP contribution is -2.20. The van der Waals surface area contributed by atoms with Gasteiger partial charge in [0.05, 0.1) is 5.69 Å². The van der Waals surface area contributed by atoms with Gasteiger partial charge in [0.15, 0.2) is 0 Å². The van der Waals surface area contributed by atoms with E-state index in [1.165, 1.54) is 6.92 Å². The van der Waals surface area contributed by atoms with Crippen LogP contribution in [0, 0.1) is 6.92 Å². The van der Waals surface area contributed by atoms with Crippen LogP contribution in [0.2, 0.25) is 0 Å². The molecule has 3 aromatic heterocycles. The van der Waals surface area contributed by atoms with Crippen LogP contribution in [0.3, 0.4) is 0 Å². The molecule has 0 aliphatic carbocycles. The number of aryl methyl sites for hydroxylation is 1. The summed E-state index contributed by atoms with van der Waals surface area (Å²) in [5.41, 5.74) is 3.44. The van der Waals surface area contributed by atoms with Gasteiger partial charge in [-0.3, -0.25) is 9.59 Å². The summed E-state index contributed by atoms with van der Waals surface area (Å²) < 4.78 is 64.9. The lowest BCUT2D eigenvalue weighted by Gasteiger charge is -2.10. The first-order chi connectivity index (χ1) is 13.0. The van der Waals surface area contributed by atoms with Crippen molar-refractivity contribution in [3.63, 3.8) is 0 Å². The Hall–Kier alpha value is -3.09. The maximum absolute atomic E-state index is 13.0. The van der Waals surface area contributed by atoms with Crippen LogP contribution in [0.4, 0.5) is 27.6 Å². The summed E-state index contributed by atoms with van der Waals surface area (Å²) in [7, 11) is 0. The number of nitrogens with zero attached hydrogens (tertiary/aromatic N) is 3. The minimum atomic E-state index is -4.72. The number of rotatable bonds is 4. The fourth-order valence-corrected chi connectivity index (χ4v) is 3.61. The molecule has 0 aliphatic heterocycles. The van der Waals surface area contributed by atoms with Gasteiger partial charge in [-0.1, -0.05) is 0 Å². The third-order valence-corrected chi connectivity index (χ3v) is 4.80. The first-order valence-electron chi connectivity index (χ1n) is 7.45. The van der Waals surface area contributed by atoms with Gasteiger partial charge < -0.3 is 11.1 Å². The molecule has 3 rings (SSSR count). The topological polar surface area (TPSA) is 103 Å². The van der Waals surface area contributed by atoms with E-state index < -0.39 is 35.9 Å². The van der Waals surface area contributed by atoms with Crippen LogP contribution in [-0.2, 0) is 6.18 Å². The molecular weight excluding hydrogens is 409 g/mol. The molecule has 0 atom stereocenters. The molecule has 7 nitrogen and oxygen atoms in total. The molecule has 3 heterocycles. The Kier molecular flexibility index (Phi) is 4.79. The number of primary amides is 1. The average Bonchev–Trinajstić information content (AvgIpc) is 3.19. The Morgan fingerprint density at radius 1 is 1.32 bits per heavy atom. The van der Waals surface area contributed by atoms with E-state index in [0.717, 1.165) is 18.3 Å². The van der Waals surface area contributed by atoms with Crippen molar-refractivity contribution < 1.29 is 31.5 Å². The lowest BCUT2D eigenvalue weighted by molar-refractivity contribution is -0.141. The summed E-state index contributed by atoms with van der Waals surface area (Å²) in [6.07, 6.45) is -3.74. The van der Waals surface area contributed by atoms with E-state index in [2.05, 4.69) is 15.4 Å². The van der Waals surface area contributed by atoms with Crippen LogP contribution >= 0.6 is 11.3 Å². The molecule has 0 saturated heterocycles. The van der Waals surface area contributed by atoms with Crippen LogP contribution in [0.25, 0.3) is 10.2 Å². The van der Waals surface area contributed by atoms with Gasteiger partial charge in [0, 0.05) is 11.6 Å². The van der Waals surface area contributed by atoms with E-state index in [1.54, 1.807) is 0 Å². The fourth-order valence-electron chi connectivity index (χ4n) is 2.55. The number of hydrogen-bond donors (Lipinski definition) is 2. The van der Waals surface area contributed by atoms with Gasteiger partial charge in [0.1, 0.15) is 21.1 Å². The van der Waals surface area contributed by atoms with E-state index in [9.17, 15) is 31.5 Å². The third-order valence-electron chi connectivity index (χ3n) is 3.70. The number of carbonyl (C=O) groups is 2. The second kappa shape index (κ2) is 6.82. The number of amides is 2. The number of halogens is 5. The van der Waals surface area contributed by atoms with Crippen molar-refractivity contribution in [1.82, 2.24) is 14.8 Å². The zero-order valence-corrected chi connectivity index (χ0v) is 14.7. The first kappa shape index (κ1) is 19.7. The highest BCUT2D eigenvalue weighted by Gasteiger charge is 2.34. The Balaban J connectivity index is 2.14. The van der Waals surface area contributed by atoms with E-state index in [4.69, 9.17) is 5.73 Å². The van der Waals surface area contributed by atoms with E-state index in [-0.39, 0.29) is 31.0 Å². The highest BCUT2D eigenvalue weighted by Crippen LogP contribution is 2.39. The standard InChI is InChI=1S/C15H10F5N5O2S/c1-5-4-7(15(18,19)20)23-13-8(5)9(10(28-13)11(21)26)24-12(27)6-2-3-22-25(6)14(16)17/h2-4,14H,1H3,(H2,21,26)(H,24,27). The second-order valence-electron chi connectivity index (χ2n) is 5.57. The molecule has 3 N–H and O–H groups in total. The number of anilines is 1. The highest BCUT2D eigenvalue weighted by molar-refractivity contribution is 7.21. The monoisotopic (exact) mass is 419 g/mol. The van der Waals surface area contributed by atoms with Crippen molar-refractivity contribution in [1.29, 1.82) is 0 Å². The maximum atomic E-state index is 13.0. The molecule has 0 aliphatic rings. The number of nitrogens with one attached hydrogen (secondary N) is 1. The van der Waals surface area contributed by atoms with E-state index in [1.807, 2.05) is 0 Å². The molecule has 0 spiro atoms. The fraction of sp³-hybridized carbons (Fsp3) is 0.200. The third kappa shape index (κ3) is 3.40. The summed E-state index contributed by atoms with van der Waals surface area (Å²) >= 11 is 0.555. The number of carbonyl (C=O) groups excluding carboxylic acids is 2. The van der Waals surface area contributed by atoms with Crippen LogP contribution in [0.5, 0.6) is 0 Å². The second-order valence-corrected chi connectivity index (χ2v) is 6.56. The molecule has 148 valence electrons. The van der Waals surface area contributed by atoms with Crippen LogP contribution in [-0.4, -0.2) is 26.6 Å². The van der Waals surface area contributed by atoms with Gasteiger partial charge in [-0.25, -0.2) is 4.98 Å². The van der Waals surface area contributed by atoms with Gasteiger partial charge in [-0.2, -0.15) is 31.7 Å². The van der Waals surface area contributed by atoms with Crippen molar-refractivity contribution in [2.75, 3.05) is 5.32 Å². The number of thiophene rings is 1. The molecule has 2 amide bonds. The minimum Gasteiger partial charge on any atom is -0.365 e. The number of hydrogen-bond acceptors (Lipinski definition) is 5. The van der Waals surface area contributed by atoms with Gasteiger partial charge in [0.25, 0.3) is 11.8 Å². The molecule has 0 fully saturated rings. The Morgan fingerprint density at radius 2 is 2.00 bits per heavy atom. The zero-order chi connectivity index (χ0) is 20.8. The Labute approximate surface area is 157 Å². The molecular formula is C15H10F5N5O2S. The summed E-state index contributed by atoms with van der Waals surface area (Å²) in [6, 6.07) is 1.77. The number of pyridine rings is 1. The van der Waals surface area contributed by atoms with Crippen molar-refractivity contribution in [2.24, 2.45) is 5.73 Å². The van der Waals surface area contributed by atoms with Crippen molar-refractivity contribution in [2.45, 2.75) is 19.6 Å². The first-order valence-corrected chi connectivity index (χ1v) is 8.26. The molecule has 0 unspecified atom stereocenters. The predicted molar refractivity (Wildman–Crippen MR) is 89.3 cm³/mol. The molecule has 0 saturated carbocycles. The van der Waals surface area contributed by atoms with E-state index >= 15 is 0 Å². The van der Waals surface area contributed by atoms with Crippen molar-refractivity contribution >= 4 is 39.1 Å². The summed E-state index contributed by atoms with van der Waals surface area (Å²) in [4.78, 5) is 27.2. The maximum Gasteiger partial charge on any atom is 0.433 e. The molecule has 0 radical (unpaired) electrons. The SMILES string of the molecule is Cc1cc(C(F)(F)F)nc2sc(C(N)=O)c(NC(=O)c3ccnn3C(F)F)c12. The molecule has 0 aromatic carbocycles. The quantitative estimate of drug-likeness (QED) is 0.631. The smallest absolute Gasteiger partial charge is 0.365 e. The number of fused-ring (bicyclic) bond motifs is 1. The number of nitrogens with two attached hydrogens (primary N) is 1. The van der Waals surface area contributed by atoms with Crippen LogP contribution < -0.4 is 11.1 Å². The van der Waals surface area contributed by atoms with Crippen LogP contribution in [0.15, 0.2) is 18.3 Å². The van der Waals surface area contributed by atoms with Gasteiger partial charge in [-0.05, 0) is 24.6 Å². The van der Waals surface area contributed by atoms with Gasteiger partial charge in [0.2, 0.25) is 0 Å². The normalized spacial score (nSPS) is 12.0. The number of aromatic nitrogens is 3. The summed E-state index contributed by atoms with van der Waals surface area (Å²) in [6.45, 7) is -1.76. The molecule has 13 heteroatoms. The lowest BCUT2D eigenvalue weighted by atomic mass is 10.1. The van der Waals surface area contributed by atoms with Crippen molar-refractivity contribution in [3.8, 4) is 0 Å². The van der Waals surface area contributed by atoms with E-state index in [0.29, 0.717) is 11.3 Å². The molecule has 28 heavy (non-hydrogen) atoms. The Bertz CT molecular complexity index is 1090. The van der Waals surface area contributed by atoms with Gasteiger partial charge in [-0.15, -0.1) is 11.3 Å². The largest absolute Gasteiger partial charge is 0.433 e. The molecule has 0 bridgehead atoms. The van der Waals surface area contributed by atoms with Crippen molar-refractivity contribution in [3.05, 3.63) is 40.2 Å². The Morgan fingerprint density at radius 3 is 2.57 bits per heavy atom. The molecule has 3 aromatic rings. The predicted octanol–water partition coefficient (Wildman–Crippen LogP) is 3.57. The number of alkyl halides is 5. The summed E-state index contributed by atoms with van der Waals surface area (Å²) in [5, 5.41) is 5.65. The zero-order valence-electron chi connectivity index (χ0n) is 13.8. The highest BCUT2D eigenvalue weighted by atomic mass is 32.1. The summed E-state index contributed by atoms with van der Waals surface area (Å²) in [5.74, 6) is -2.06. The van der Waals surface area contributed by atoms with Gasteiger partial charge >= 0.3 is 12.7 Å².